The van der Waals surface area contributed by atoms with E-state index in [0.717, 1.165) is 48.5 Å². The lowest BCUT2D eigenvalue weighted by Crippen LogP contribution is -2.52. The summed E-state index contributed by atoms with van der Waals surface area (Å²) < 4.78 is 32.9. The highest BCUT2D eigenvalue weighted by atomic mass is 35.5. The number of hydrogen-bond acceptors (Lipinski definition) is 9. The Hall–Kier alpha value is -3.34. The van der Waals surface area contributed by atoms with Crippen molar-refractivity contribution in [1.82, 2.24) is 4.90 Å². The molecule has 1 fully saturated rings. The van der Waals surface area contributed by atoms with Gasteiger partial charge >= 0.3 is 11.9 Å². The smallest absolute Gasteiger partial charge is 0.352 e. The van der Waals surface area contributed by atoms with Gasteiger partial charge in [0.2, 0.25) is 0 Å². The monoisotopic (exact) mass is 687 g/mol. The van der Waals surface area contributed by atoms with Gasteiger partial charge in [-0.1, -0.05) is 35.9 Å². The number of ether oxygens (including phenoxy) is 3. The minimum atomic E-state index is -0.803. The largest absolute Gasteiger partial charge is 0.479 e. The summed E-state index contributed by atoms with van der Waals surface area (Å²) in [6.07, 6.45) is 1.61. The Kier molecular flexibility index (Phi) is 10.9. The third-order valence-electron chi connectivity index (χ3n) is 7.82. The SMILES string of the molecule is Cc1ccc(CN2CC[C@H](Nc3cccc(-c4sc(C(=O)OC(C)(C)C)c(OCC(=O)OC(C)(C)C)c4Cl)c3F)CC2(C)C)cc1N. The summed E-state index contributed by atoms with van der Waals surface area (Å²) in [5.41, 5.74) is 8.04. The molecule has 8 nitrogen and oxygen atoms in total. The molecule has 0 spiro atoms. The Labute approximate surface area is 286 Å². The first-order valence-corrected chi connectivity index (χ1v) is 17.0. The van der Waals surface area contributed by atoms with Crippen LogP contribution in [0.15, 0.2) is 36.4 Å². The Morgan fingerprint density at radius 1 is 1.11 bits per heavy atom. The number of hydrogen-bond donors (Lipinski definition) is 2. The van der Waals surface area contributed by atoms with E-state index in [9.17, 15) is 9.59 Å². The van der Waals surface area contributed by atoms with Crippen LogP contribution in [0.3, 0.4) is 0 Å². The van der Waals surface area contributed by atoms with Crippen LogP contribution in [0, 0.1) is 12.7 Å². The number of piperidine rings is 1. The number of anilines is 2. The number of likely N-dealkylation sites (tertiary alicyclic amines) is 1. The van der Waals surface area contributed by atoms with Gasteiger partial charge in [0.15, 0.2) is 23.1 Å². The van der Waals surface area contributed by atoms with Crippen molar-refractivity contribution >= 4 is 46.3 Å². The second kappa shape index (κ2) is 14.0. The number of nitrogens with two attached hydrogens (primary N) is 1. The van der Waals surface area contributed by atoms with Crippen molar-refractivity contribution in [2.45, 2.75) is 104 Å². The molecule has 0 radical (unpaired) electrons. The third kappa shape index (κ3) is 9.39. The van der Waals surface area contributed by atoms with Crippen LogP contribution in [0.4, 0.5) is 15.8 Å². The fourth-order valence-electron chi connectivity index (χ4n) is 5.57. The maximum atomic E-state index is 16.3. The molecule has 47 heavy (non-hydrogen) atoms. The second-order valence-electron chi connectivity index (χ2n) is 14.7. The lowest BCUT2D eigenvalue weighted by atomic mass is 9.86. The Morgan fingerprint density at radius 2 is 1.79 bits per heavy atom. The van der Waals surface area contributed by atoms with Crippen molar-refractivity contribution < 1.29 is 28.2 Å². The highest BCUT2D eigenvalue weighted by Gasteiger charge is 2.36. The predicted octanol–water partition coefficient (Wildman–Crippen LogP) is 8.63. The molecule has 1 aliphatic heterocycles. The van der Waals surface area contributed by atoms with E-state index in [2.05, 4.69) is 30.1 Å². The number of carbonyl (C=O) groups is 2. The molecule has 4 rings (SSSR count). The molecule has 1 aromatic heterocycles. The summed E-state index contributed by atoms with van der Waals surface area (Å²) >= 11 is 7.73. The van der Waals surface area contributed by atoms with Crippen molar-refractivity contribution in [1.29, 1.82) is 0 Å². The van der Waals surface area contributed by atoms with Gasteiger partial charge in [0, 0.05) is 35.9 Å². The summed E-state index contributed by atoms with van der Waals surface area (Å²) in [7, 11) is 0. The van der Waals surface area contributed by atoms with Crippen molar-refractivity contribution in [3.63, 3.8) is 0 Å². The first-order valence-electron chi connectivity index (χ1n) is 15.8. The van der Waals surface area contributed by atoms with Crippen LogP contribution in [-0.2, 0) is 20.8 Å². The van der Waals surface area contributed by atoms with Crippen molar-refractivity contribution in [2.24, 2.45) is 0 Å². The summed E-state index contributed by atoms with van der Waals surface area (Å²) in [4.78, 5) is 28.4. The fourth-order valence-corrected chi connectivity index (χ4v) is 7.03. The highest BCUT2D eigenvalue weighted by Crippen LogP contribution is 2.47. The summed E-state index contributed by atoms with van der Waals surface area (Å²) in [6.45, 7) is 18.0. The molecule has 3 aromatic rings. The number of carbonyl (C=O) groups excluding carboxylic acids is 2. The standard InChI is InChI=1S/C36H47ClFN3O5S/c1-21-13-14-22(17-25(21)39)19-41-16-15-23(18-36(41,8)9)40-26-12-10-11-24(29(26)38)31-28(37)30(44-20-27(42)45-34(2,3)4)32(47-31)33(43)46-35(5,6)7/h10-14,17,23,40H,15-16,18-20,39H2,1-9H3/t23-/m0/s1. The normalized spacial score (nSPS) is 16.9. The van der Waals surface area contributed by atoms with Crippen LogP contribution < -0.4 is 15.8 Å². The molecule has 2 aromatic carbocycles. The van der Waals surface area contributed by atoms with Crippen LogP contribution in [0.2, 0.25) is 5.02 Å². The molecular formula is C36H47ClFN3O5S. The zero-order valence-electron chi connectivity index (χ0n) is 28.8. The van der Waals surface area contributed by atoms with E-state index in [1.807, 2.05) is 19.1 Å². The van der Waals surface area contributed by atoms with E-state index in [0.29, 0.717) is 10.6 Å². The van der Waals surface area contributed by atoms with Gasteiger partial charge in [-0.15, -0.1) is 11.3 Å². The van der Waals surface area contributed by atoms with E-state index in [-0.39, 0.29) is 32.8 Å². The average Bonchev–Trinajstić information content (AvgIpc) is 3.26. The molecule has 0 aliphatic carbocycles. The maximum Gasteiger partial charge on any atom is 0.352 e. The molecule has 11 heteroatoms. The number of nitrogens with zero attached hydrogens (tertiary/aromatic N) is 1. The Morgan fingerprint density at radius 3 is 2.40 bits per heavy atom. The number of thiophene rings is 1. The minimum absolute atomic E-state index is 0.0154. The number of aryl methyl sites for hydroxylation is 1. The molecular weight excluding hydrogens is 641 g/mol. The zero-order chi connectivity index (χ0) is 34.9. The topological polar surface area (TPSA) is 103 Å². The van der Waals surface area contributed by atoms with Gasteiger partial charge in [0.05, 0.1) is 10.6 Å². The van der Waals surface area contributed by atoms with Crippen LogP contribution in [0.1, 0.15) is 89.0 Å². The maximum absolute atomic E-state index is 16.3. The molecule has 0 bridgehead atoms. The molecule has 256 valence electrons. The summed E-state index contributed by atoms with van der Waals surface area (Å²) in [5, 5.41) is 3.44. The first-order chi connectivity index (χ1) is 21.7. The predicted molar refractivity (Wildman–Crippen MR) is 188 cm³/mol. The van der Waals surface area contributed by atoms with E-state index in [1.54, 1.807) is 59.7 Å². The van der Waals surface area contributed by atoms with Gasteiger partial charge in [-0.05, 0) is 98.4 Å². The van der Waals surface area contributed by atoms with Crippen LogP contribution in [0.5, 0.6) is 5.75 Å². The lowest BCUT2D eigenvalue weighted by Gasteiger charge is -2.46. The van der Waals surface area contributed by atoms with E-state index in [4.69, 9.17) is 31.5 Å². The molecule has 0 unspecified atom stereocenters. The van der Waals surface area contributed by atoms with Gasteiger partial charge in [-0.2, -0.15) is 0 Å². The molecule has 3 N–H and O–H groups in total. The average molecular weight is 688 g/mol. The zero-order valence-corrected chi connectivity index (χ0v) is 30.4. The van der Waals surface area contributed by atoms with E-state index in [1.165, 1.54) is 5.56 Å². The number of esters is 2. The minimum Gasteiger partial charge on any atom is -0.479 e. The number of nitrogen functional groups attached to an aromatic ring is 1. The number of benzene rings is 2. The van der Waals surface area contributed by atoms with Crippen molar-refractivity contribution in [3.8, 4) is 16.2 Å². The number of nitrogens with one attached hydrogen (secondary N) is 1. The third-order valence-corrected chi connectivity index (χ3v) is 9.47. The van der Waals surface area contributed by atoms with Crippen molar-refractivity contribution in [2.75, 3.05) is 24.2 Å². The molecule has 0 amide bonds. The Balaban J connectivity index is 1.57. The fraction of sp³-hybridized carbons (Fsp3) is 0.500. The van der Waals surface area contributed by atoms with Crippen LogP contribution in [0.25, 0.3) is 10.4 Å². The van der Waals surface area contributed by atoms with E-state index < -0.39 is 35.6 Å². The van der Waals surface area contributed by atoms with Gasteiger partial charge in [0.1, 0.15) is 16.2 Å². The Bertz CT molecular complexity index is 1630. The van der Waals surface area contributed by atoms with Gasteiger partial charge in [-0.25, -0.2) is 14.0 Å². The summed E-state index contributed by atoms with van der Waals surface area (Å²) in [6, 6.07) is 11.3. The quantitative estimate of drug-likeness (QED) is 0.170. The van der Waals surface area contributed by atoms with Gasteiger partial charge < -0.3 is 25.3 Å². The van der Waals surface area contributed by atoms with Crippen molar-refractivity contribution in [3.05, 3.63) is 63.2 Å². The van der Waals surface area contributed by atoms with Crippen LogP contribution >= 0.6 is 22.9 Å². The number of halogens is 2. The molecule has 1 atom stereocenters. The van der Waals surface area contributed by atoms with Crippen LogP contribution in [-0.4, -0.2) is 52.8 Å². The molecule has 1 saturated heterocycles. The van der Waals surface area contributed by atoms with Gasteiger partial charge in [-0.3, -0.25) is 4.90 Å². The van der Waals surface area contributed by atoms with E-state index >= 15 is 4.39 Å². The molecule has 0 saturated carbocycles. The first kappa shape index (κ1) is 36.5. The highest BCUT2D eigenvalue weighted by molar-refractivity contribution is 7.18. The molecule has 2 heterocycles. The number of rotatable bonds is 9. The second-order valence-corrected chi connectivity index (χ2v) is 16.1. The molecule has 1 aliphatic rings. The van der Waals surface area contributed by atoms with Gasteiger partial charge in [0.25, 0.3) is 0 Å². The lowest BCUT2D eigenvalue weighted by molar-refractivity contribution is -0.157. The summed E-state index contributed by atoms with van der Waals surface area (Å²) in [5.74, 6) is -1.87.